The van der Waals surface area contributed by atoms with Crippen molar-refractivity contribution >= 4 is 0 Å². The van der Waals surface area contributed by atoms with E-state index in [2.05, 4.69) is 5.32 Å². The highest BCUT2D eigenvalue weighted by Gasteiger charge is 2.35. The summed E-state index contributed by atoms with van der Waals surface area (Å²) < 4.78 is 48.8. The number of alkyl halides is 3. The molecule has 1 heterocycles. The van der Waals surface area contributed by atoms with E-state index in [-0.39, 0.29) is 17.5 Å². The summed E-state index contributed by atoms with van der Waals surface area (Å²) in [6.45, 7) is 0.949. The van der Waals surface area contributed by atoms with Crippen LogP contribution in [0.2, 0.25) is 0 Å². The van der Waals surface area contributed by atoms with E-state index < -0.39 is 11.7 Å². The van der Waals surface area contributed by atoms with Crippen LogP contribution in [0.3, 0.4) is 0 Å². The number of methoxy groups -OCH3 is 2. The Morgan fingerprint density at radius 3 is 2.40 bits per heavy atom. The molecule has 0 bridgehead atoms. The monoisotopic (exact) mass is 289 g/mol. The zero-order valence-corrected chi connectivity index (χ0v) is 11.5. The fourth-order valence-electron chi connectivity index (χ4n) is 2.54. The van der Waals surface area contributed by atoms with Gasteiger partial charge in [-0.2, -0.15) is 13.2 Å². The summed E-state index contributed by atoms with van der Waals surface area (Å²) in [6, 6.07) is 2.73. The molecule has 0 saturated carbocycles. The summed E-state index contributed by atoms with van der Waals surface area (Å²) in [7, 11) is 2.63. The lowest BCUT2D eigenvalue weighted by molar-refractivity contribution is -0.138. The average molecular weight is 289 g/mol. The van der Waals surface area contributed by atoms with Crippen molar-refractivity contribution in [1.29, 1.82) is 0 Å². The molecule has 112 valence electrons. The molecule has 0 spiro atoms. The van der Waals surface area contributed by atoms with E-state index in [1.807, 2.05) is 0 Å². The van der Waals surface area contributed by atoms with Gasteiger partial charge in [-0.05, 0) is 43.5 Å². The fraction of sp³-hybridized carbons (Fsp3) is 0.571. The highest BCUT2D eigenvalue weighted by Crippen LogP contribution is 2.40. The average Bonchev–Trinajstić information content (AvgIpc) is 2.89. The van der Waals surface area contributed by atoms with Crippen molar-refractivity contribution < 1.29 is 22.6 Å². The van der Waals surface area contributed by atoms with Crippen LogP contribution in [0, 0.1) is 0 Å². The van der Waals surface area contributed by atoms with Gasteiger partial charge in [-0.15, -0.1) is 0 Å². The number of hydrogen-bond acceptors (Lipinski definition) is 3. The van der Waals surface area contributed by atoms with Crippen molar-refractivity contribution in [2.45, 2.75) is 31.5 Å². The number of rotatable bonds is 4. The lowest BCUT2D eigenvalue weighted by Gasteiger charge is -2.18. The first-order chi connectivity index (χ1) is 9.45. The molecule has 1 aliphatic heterocycles. The normalized spacial score (nSPS) is 19.1. The highest BCUT2D eigenvalue weighted by molar-refractivity contribution is 5.48. The molecule has 1 aromatic rings. The first kappa shape index (κ1) is 15.0. The van der Waals surface area contributed by atoms with Crippen LogP contribution < -0.4 is 14.8 Å². The number of benzene rings is 1. The molecule has 1 aliphatic rings. The minimum Gasteiger partial charge on any atom is -0.496 e. The molecule has 20 heavy (non-hydrogen) atoms. The Hall–Kier alpha value is -1.43. The van der Waals surface area contributed by atoms with Gasteiger partial charge in [0.15, 0.2) is 0 Å². The van der Waals surface area contributed by atoms with E-state index in [9.17, 15) is 13.2 Å². The van der Waals surface area contributed by atoms with Crippen LogP contribution in [0.1, 0.15) is 24.0 Å². The van der Waals surface area contributed by atoms with Crippen molar-refractivity contribution in [3.63, 3.8) is 0 Å². The Labute approximate surface area is 116 Å². The van der Waals surface area contributed by atoms with Crippen LogP contribution in [0.25, 0.3) is 0 Å². The van der Waals surface area contributed by atoms with Crippen LogP contribution in [-0.2, 0) is 12.6 Å². The molecule has 2 rings (SSSR count). The summed E-state index contributed by atoms with van der Waals surface area (Å²) in [5.41, 5.74) is -0.0725. The third-order valence-corrected chi connectivity index (χ3v) is 3.54. The van der Waals surface area contributed by atoms with Gasteiger partial charge in [-0.3, -0.25) is 0 Å². The molecule has 0 aromatic heterocycles. The zero-order valence-electron chi connectivity index (χ0n) is 11.5. The molecule has 1 N–H and O–H groups in total. The van der Waals surface area contributed by atoms with Gasteiger partial charge in [-0.1, -0.05) is 0 Å². The van der Waals surface area contributed by atoms with E-state index in [1.165, 1.54) is 20.3 Å². The second-order valence-corrected chi connectivity index (χ2v) is 4.86. The van der Waals surface area contributed by atoms with Crippen LogP contribution in [0.15, 0.2) is 12.1 Å². The third kappa shape index (κ3) is 3.17. The minimum atomic E-state index is -4.46. The van der Waals surface area contributed by atoms with Crippen LogP contribution in [0.4, 0.5) is 13.2 Å². The van der Waals surface area contributed by atoms with E-state index >= 15 is 0 Å². The van der Waals surface area contributed by atoms with Crippen molar-refractivity contribution in [1.82, 2.24) is 5.32 Å². The van der Waals surface area contributed by atoms with Gasteiger partial charge in [0, 0.05) is 6.04 Å². The summed E-state index contributed by atoms with van der Waals surface area (Å²) >= 11 is 0. The van der Waals surface area contributed by atoms with Crippen LogP contribution in [-0.4, -0.2) is 26.8 Å². The van der Waals surface area contributed by atoms with E-state index in [0.29, 0.717) is 6.42 Å². The summed E-state index contributed by atoms with van der Waals surface area (Å²) in [4.78, 5) is 0. The number of hydrogen-bond donors (Lipinski definition) is 1. The van der Waals surface area contributed by atoms with Crippen molar-refractivity contribution in [3.05, 3.63) is 23.3 Å². The van der Waals surface area contributed by atoms with Crippen molar-refractivity contribution in [2.24, 2.45) is 0 Å². The maximum Gasteiger partial charge on any atom is 0.420 e. The molecule has 6 heteroatoms. The molecule has 0 amide bonds. The van der Waals surface area contributed by atoms with Gasteiger partial charge in [0.2, 0.25) is 0 Å². The Morgan fingerprint density at radius 1 is 1.20 bits per heavy atom. The van der Waals surface area contributed by atoms with Crippen LogP contribution >= 0.6 is 0 Å². The third-order valence-electron chi connectivity index (χ3n) is 3.54. The molecular formula is C14H18F3NO2. The largest absolute Gasteiger partial charge is 0.496 e. The molecule has 0 radical (unpaired) electrons. The highest BCUT2D eigenvalue weighted by atomic mass is 19.4. The standard InChI is InChI=1S/C14H18F3NO2/c1-19-12-8-11(14(15,16)17)13(20-2)7-9(12)6-10-4-3-5-18-10/h7-8,10,18H,3-6H2,1-2H3/t10-/m0/s1. The van der Waals surface area contributed by atoms with Gasteiger partial charge in [-0.25, -0.2) is 0 Å². The first-order valence-corrected chi connectivity index (χ1v) is 6.51. The maximum absolute atomic E-state index is 12.9. The predicted molar refractivity (Wildman–Crippen MR) is 69.3 cm³/mol. The number of nitrogens with one attached hydrogen (secondary N) is 1. The summed E-state index contributed by atoms with van der Waals surface area (Å²) in [5, 5.41) is 3.32. The smallest absolute Gasteiger partial charge is 0.420 e. The summed E-state index contributed by atoms with van der Waals surface area (Å²) in [6.07, 6.45) is -1.71. The number of ether oxygens (including phenoxy) is 2. The second kappa shape index (κ2) is 5.91. The molecule has 0 unspecified atom stereocenters. The van der Waals surface area contributed by atoms with Gasteiger partial charge in [0.1, 0.15) is 17.1 Å². The molecule has 3 nitrogen and oxygen atoms in total. The van der Waals surface area contributed by atoms with Crippen molar-refractivity contribution in [3.8, 4) is 11.5 Å². The molecule has 1 saturated heterocycles. The first-order valence-electron chi connectivity index (χ1n) is 6.51. The molecule has 1 aromatic carbocycles. The molecule has 1 fully saturated rings. The van der Waals surface area contributed by atoms with Gasteiger partial charge >= 0.3 is 6.18 Å². The molecule has 0 aliphatic carbocycles. The Bertz CT molecular complexity index is 468. The SMILES string of the molecule is COc1cc(C(F)(F)F)c(OC)cc1C[C@@H]1CCCN1. The van der Waals surface area contributed by atoms with Gasteiger partial charge < -0.3 is 14.8 Å². The quantitative estimate of drug-likeness (QED) is 0.924. The number of halogens is 3. The molecule has 1 atom stereocenters. The lowest BCUT2D eigenvalue weighted by atomic mass is 10.0. The van der Waals surface area contributed by atoms with Gasteiger partial charge in [0.25, 0.3) is 0 Å². The van der Waals surface area contributed by atoms with E-state index in [1.54, 1.807) is 0 Å². The maximum atomic E-state index is 12.9. The second-order valence-electron chi connectivity index (χ2n) is 4.86. The molecular weight excluding hydrogens is 271 g/mol. The Balaban J connectivity index is 2.36. The van der Waals surface area contributed by atoms with Crippen LogP contribution in [0.5, 0.6) is 11.5 Å². The Kier molecular flexibility index (Phi) is 4.42. The summed E-state index contributed by atoms with van der Waals surface area (Å²) in [5.74, 6) is 0.0955. The predicted octanol–water partition coefficient (Wildman–Crippen LogP) is 3.02. The Morgan fingerprint density at radius 2 is 1.90 bits per heavy atom. The van der Waals surface area contributed by atoms with Crippen molar-refractivity contribution in [2.75, 3.05) is 20.8 Å². The van der Waals surface area contributed by atoms with E-state index in [4.69, 9.17) is 9.47 Å². The fourth-order valence-corrected chi connectivity index (χ4v) is 2.54. The zero-order chi connectivity index (χ0) is 14.8. The van der Waals surface area contributed by atoms with Gasteiger partial charge in [0.05, 0.1) is 14.2 Å². The lowest BCUT2D eigenvalue weighted by Crippen LogP contribution is -2.24. The topological polar surface area (TPSA) is 30.5 Å². The minimum absolute atomic E-state index is 0.161. The van der Waals surface area contributed by atoms with E-state index in [0.717, 1.165) is 31.0 Å².